The molecule has 0 aliphatic rings. The molecule has 0 radical (unpaired) electrons. The number of anilines is 2. The SMILES string of the molecule is Cc1ccc(CN(C)c2cc(C)c(C)cc2N)o1. The summed E-state index contributed by atoms with van der Waals surface area (Å²) in [6.07, 6.45) is 0. The van der Waals surface area contributed by atoms with Gasteiger partial charge in [-0.05, 0) is 56.2 Å². The molecule has 18 heavy (non-hydrogen) atoms. The Bertz CT molecular complexity index is 558. The Morgan fingerprint density at radius 2 is 1.78 bits per heavy atom. The zero-order valence-corrected chi connectivity index (χ0v) is 11.4. The van der Waals surface area contributed by atoms with E-state index < -0.39 is 0 Å². The van der Waals surface area contributed by atoms with Crippen molar-refractivity contribution in [1.29, 1.82) is 0 Å². The molecule has 1 aromatic heterocycles. The third kappa shape index (κ3) is 2.50. The molecule has 2 N–H and O–H groups in total. The minimum absolute atomic E-state index is 0.723. The van der Waals surface area contributed by atoms with Crippen LogP contribution in [0.25, 0.3) is 0 Å². The summed E-state index contributed by atoms with van der Waals surface area (Å²) in [6, 6.07) is 8.13. The van der Waals surface area contributed by atoms with Gasteiger partial charge in [-0.3, -0.25) is 0 Å². The molecular formula is C15H20N2O. The van der Waals surface area contributed by atoms with Crippen molar-refractivity contribution in [3.63, 3.8) is 0 Å². The molecular weight excluding hydrogens is 224 g/mol. The van der Waals surface area contributed by atoms with Crippen LogP contribution in [-0.4, -0.2) is 7.05 Å². The van der Waals surface area contributed by atoms with Gasteiger partial charge in [-0.2, -0.15) is 0 Å². The summed E-state index contributed by atoms with van der Waals surface area (Å²) < 4.78 is 5.59. The van der Waals surface area contributed by atoms with Crippen molar-refractivity contribution in [3.05, 3.63) is 46.9 Å². The van der Waals surface area contributed by atoms with Gasteiger partial charge in [0, 0.05) is 7.05 Å². The van der Waals surface area contributed by atoms with E-state index in [1.807, 2.05) is 32.2 Å². The van der Waals surface area contributed by atoms with Crippen LogP contribution in [0.1, 0.15) is 22.6 Å². The minimum Gasteiger partial charge on any atom is -0.464 e. The Kier molecular flexibility index (Phi) is 3.32. The van der Waals surface area contributed by atoms with Gasteiger partial charge in [0.1, 0.15) is 11.5 Å². The van der Waals surface area contributed by atoms with Gasteiger partial charge in [0.25, 0.3) is 0 Å². The van der Waals surface area contributed by atoms with Gasteiger partial charge >= 0.3 is 0 Å². The molecule has 0 bridgehead atoms. The van der Waals surface area contributed by atoms with Crippen molar-refractivity contribution < 1.29 is 4.42 Å². The zero-order chi connectivity index (χ0) is 13.3. The van der Waals surface area contributed by atoms with E-state index in [4.69, 9.17) is 10.2 Å². The number of hydrogen-bond acceptors (Lipinski definition) is 3. The Morgan fingerprint density at radius 1 is 1.11 bits per heavy atom. The fourth-order valence-corrected chi connectivity index (χ4v) is 2.04. The van der Waals surface area contributed by atoms with Crippen LogP contribution in [0.2, 0.25) is 0 Å². The Morgan fingerprint density at radius 3 is 2.39 bits per heavy atom. The Hall–Kier alpha value is -1.90. The second kappa shape index (κ2) is 4.77. The number of furan rings is 1. The molecule has 3 nitrogen and oxygen atoms in total. The van der Waals surface area contributed by atoms with Crippen molar-refractivity contribution in [3.8, 4) is 0 Å². The fourth-order valence-electron chi connectivity index (χ4n) is 2.04. The topological polar surface area (TPSA) is 42.4 Å². The highest BCUT2D eigenvalue weighted by Gasteiger charge is 2.09. The van der Waals surface area contributed by atoms with E-state index in [0.717, 1.165) is 29.4 Å². The van der Waals surface area contributed by atoms with Gasteiger partial charge in [0.15, 0.2) is 0 Å². The van der Waals surface area contributed by atoms with Gasteiger partial charge in [0.2, 0.25) is 0 Å². The smallest absolute Gasteiger partial charge is 0.123 e. The molecule has 0 fully saturated rings. The second-order valence-electron chi connectivity index (χ2n) is 4.86. The number of hydrogen-bond donors (Lipinski definition) is 1. The molecule has 0 spiro atoms. The minimum atomic E-state index is 0.723. The first-order valence-electron chi connectivity index (χ1n) is 6.10. The maximum absolute atomic E-state index is 6.08. The summed E-state index contributed by atoms with van der Waals surface area (Å²) in [7, 11) is 2.03. The highest BCUT2D eigenvalue weighted by Crippen LogP contribution is 2.27. The van der Waals surface area contributed by atoms with Crippen molar-refractivity contribution in [2.75, 3.05) is 17.7 Å². The Balaban J connectivity index is 2.23. The van der Waals surface area contributed by atoms with Crippen molar-refractivity contribution in [2.45, 2.75) is 27.3 Å². The lowest BCUT2D eigenvalue weighted by atomic mass is 10.1. The standard InChI is InChI=1S/C15H20N2O/c1-10-7-14(16)15(8-11(10)2)17(4)9-13-6-5-12(3)18-13/h5-8H,9,16H2,1-4H3. The molecule has 2 aromatic rings. The molecule has 0 atom stereocenters. The van der Waals surface area contributed by atoms with Crippen LogP contribution in [0.4, 0.5) is 11.4 Å². The fraction of sp³-hybridized carbons (Fsp3) is 0.333. The summed E-state index contributed by atoms with van der Waals surface area (Å²) in [4.78, 5) is 2.11. The summed E-state index contributed by atoms with van der Waals surface area (Å²) in [5.41, 5.74) is 10.4. The van der Waals surface area contributed by atoms with Crippen molar-refractivity contribution >= 4 is 11.4 Å². The monoisotopic (exact) mass is 244 g/mol. The first-order valence-corrected chi connectivity index (χ1v) is 6.10. The summed E-state index contributed by atoms with van der Waals surface area (Å²) in [5.74, 6) is 1.89. The van der Waals surface area contributed by atoms with E-state index in [1.54, 1.807) is 0 Å². The van der Waals surface area contributed by atoms with Crippen LogP contribution in [0.5, 0.6) is 0 Å². The lowest BCUT2D eigenvalue weighted by Gasteiger charge is -2.21. The van der Waals surface area contributed by atoms with Gasteiger partial charge in [-0.15, -0.1) is 0 Å². The molecule has 0 aliphatic carbocycles. The molecule has 2 rings (SSSR count). The van der Waals surface area contributed by atoms with E-state index in [9.17, 15) is 0 Å². The van der Waals surface area contributed by atoms with Crippen LogP contribution in [0.15, 0.2) is 28.7 Å². The molecule has 0 aliphatic heterocycles. The quantitative estimate of drug-likeness (QED) is 0.841. The maximum atomic E-state index is 6.08. The van der Waals surface area contributed by atoms with Crippen LogP contribution in [-0.2, 0) is 6.54 Å². The van der Waals surface area contributed by atoms with E-state index in [-0.39, 0.29) is 0 Å². The predicted octanol–water partition coefficient (Wildman–Crippen LogP) is 3.42. The third-order valence-electron chi connectivity index (χ3n) is 3.24. The zero-order valence-electron chi connectivity index (χ0n) is 11.4. The van der Waals surface area contributed by atoms with E-state index in [2.05, 4.69) is 24.8 Å². The number of nitrogens with zero attached hydrogens (tertiary/aromatic N) is 1. The molecule has 3 heteroatoms. The first-order chi connectivity index (χ1) is 8.47. The predicted molar refractivity (Wildman–Crippen MR) is 75.9 cm³/mol. The van der Waals surface area contributed by atoms with E-state index >= 15 is 0 Å². The maximum Gasteiger partial charge on any atom is 0.123 e. The molecule has 1 heterocycles. The average Bonchev–Trinajstić information content (AvgIpc) is 2.69. The van der Waals surface area contributed by atoms with E-state index in [0.29, 0.717) is 0 Å². The third-order valence-corrected chi connectivity index (χ3v) is 3.24. The molecule has 96 valence electrons. The summed E-state index contributed by atoms with van der Waals surface area (Å²) in [5, 5.41) is 0. The van der Waals surface area contributed by atoms with Crippen LogP contribution < -0.4 is 10.6 Å². The van der Waals surface area contributed by atoms with Gasteiger partial charge in [-0.25, -0.2) is 0 Å². The normalized spacial score (nSPS) is 10.7. The molecule has 0 saturated heterocycles. The largest absolute Gasteiger partial charge is 0.464 e. The number of nitrogens with two attached hydrogens (primary N) is 1. The number of nitrogen functional groups attached to an aromatic ring is 1. The molecule has 0 amide bonds. The first kappa shape index (κ1) is 12.6. The highest BCUT2D eigenvalue weighted by molar-refractivity contribution is 5.69. The summed E-state index contributed by atoms with van der Waals surface area (Å²) >= 11 is 0. The van der Waals surface area contributed by atoms with Gasteiger partial charge < -0.3 is 15.1 Å². The lowest BCUT2D eigenvalue weighted by Crippen LogP contribution is -2.17. The van der Waals surface area contributed by atoms with Crippen molar-refractivity contribution in [1.82, 2.24) is 0 Å². The van der Waals surface area contributed by atoms with Crippen LogP contribution in [0.3, 0.4) is 0 Å². The lowest BCUT2D eigenvalue weighted by molar-refractivity contribution is 0.482. The number of rotatable bonds is 3. The van der Waals surface area contributed by atoms with Crippen molar-refractivity contribution in [2.24, 2.45) is 0 Å². The van der Waals surface area contributed by atoms with Gasteiger partial charge in [0.05, 0.1) is 17.9 Å². The molecule has 1 aromatic carbocycles. The summed E-state index contributed by atoms with van der Waals surface area (Å²) in [6.45, 7) is 6.85. The number of aryl methyl sites for hydroxylation is 3. The van der Waals surface area contributed by atoms with Crippen LogP contribution >= 0.6 is 0 Å². The second-order valence-corrected chi connectivity index (χ2v) is 4.86. The average molecular weight is 244 g/mol. The van der Waals surface area contributed by atoms with E-state index in [1.165, 1.54) is 11.1 Å². The Labute approximate surface area is 108 Å². The number of benzene rings is 1. The molecule has 0 saturated carbocycles. The highest BCUT2D eigenvalue weighted by atomic mass is 16.3. The van der Waals surface area contributed by atoms with Crippen LogP contribution in [0, 0.1) is 20.8 Å². The van der Waals surface area contributed by atoms with Gasteiger partial charge in [-0.1, -0.05) is 0 Å². The molecule has 0 unspecified atom stereocenters.